The van der Waals surface area contributed by atoms with Gasteiger partial charge >= 0.3 is 0 Å². The quantitative estimate of drug-likeness (QED) is 0.661. The SMILES string of the molecule is C=C(N)c1c(N)cccc1OC[C@H]1CCCN(C(=O)C(C)(C)c2ccc(OC)cc2)C1. The van der Waals surface area contributed by atoms with Crippen molar-refractivity contribution in [2.24, 2.45) is 11.7 Å². The number of likely N-dealkylation sites (tertiary alicyclic amines) is 1. The summed E-state index contributed by atoms with van der Waals surface area (Å²) in [4.78, 5) is 15.4. The van der Waals surface area contributed by atoms with Crippen molar-refractivity contribution < 1.29 is 14.3 Å². The molecule has 0 radical (unpaired) electrons. The van der Waals surface area contributed by atoms with Gasteiger partial charge in [0.2, 0.25) is 5.91 Å². The van der Waals surface area contributed by atoms with Crippen LogP contribution in [0, 0.1) is 5.92 Å². The van der Waals surface area contributed by atoms with Gasteiger partial charge in [0.15, 0.2) is 0 Å². The summed E-state index contributed by atoms with van der Waals surface area (Å²) in [7, 11) is 1.64. The largest absolute Gasteiger partial charge is 0.497 e. The van der Waals surface area contributed by atoms with Gasteiger partial charge in [-0.05, 0) is 56.5 Å². The summed E-state index contributed by atoms with van der Waals surface area (Å²) in [5.74, 6) is 1.78. The number of amides is 1. The molecule has 1 aliphatic rings. The average Bonchev–Trinajstić information content (AvgIpc) is 2.77. The number of hydrogen-bond acceptors (Lipinski definition) is 5. The highest BCUT2D eigenvalue weighted by atomic mass is 16.5. The molecule has 6 nitrogen and oxygen atoms in total. The van der Waals surface area contributed by atoms with Crippen molar-refractivity contribution in [1.82, 2.24) is 4.90 Å². The Morgan fingerprint density at radius 3 is 2.58 bits per heavy atom. The van der Waals surface area contributed by atoms with E-state index in [4.69, 9.17) is 20.9 Å². The number of piperidine rings is 1. The van der Waals surface area contributed by atoms with E-state index >= 15 is 0 Å². The number of hydrogen-bond donors (Lipinski definition) is 2. The van der Waals surface area contributed by atoms with Crippen LogP contribution in [0.2, 0.25) is 0 Å². The monoisotopic (exact) mass is 423 g/mol. The van der Waals surface area contributed by atoms with E-state index in [1.807, 2.05) is 55.1 Å². The lowest BCUT2D eigenvalue weighted by Crippen LogP contribution is -2.48. The minimum absolute atomic E-state index is 0.127. The highest BCUT2D eigenvalue weighted by Crippen LogP contribution is 2.31. The van der Waals surface area contributed by atoms with Crippen molar-refractivity contribution in [3.05, 3.63) is 60.2 Å². The maximum atomic E-state index is 13.4. The molecule has 1 fully saturated rings. The molecule has 0 spiro atoms. The van der Waals surface area contributed by atoms with Crippen molar-refractivity contribution in [3.8, 4) is 11.5 Å². The molecular formula is C25H33N3O3. The van der Waals surface area contributed by atoms with Crippen LogP contribution in [0.3, 0.4) is 0 Å². The number of ether oxygens (including phenoxy) is 2. The molecule has 1 aliphatic heterocycles. The molecule has 0 bridgehead atoms. The number of carbonyl (C=O) groups excluding carboxylic acids is 1. The van der Waals surface area contributed by atoms with Crippen LogP contribution >= 0.6 is 0 Å². The number of nitrogens with two attached hydrogens (primary N) is 2. The molecule has 1 saturated heterocycles. The third kappa shape index (κ3) is 4.95. The van der Waals surface area contributed by atoms with Crippen LogP contribution < -0.4 is 20.9 Å². The molecule has 1 amide bonds. The fraction of sp³-hybridized carbons (Fsp3) is 0.400. The van der Waals surface area contributed by atoms with Crippen LogP contribution in [0.15, 0.2) is 49.0 Å². The van der Waals surface area contributed by atoms with Crippen LogP contribution in [-0.4, -0.2) is 37.6 Å². The van der Waals surface area contributed by atoms with E-state index in [2.05, 4.69) is 6.58 Å². The van der Waals surface area contributed by atoms with Crippen LogP contribution in [0.4, 0.5) is 5.69 Å². The minimum Gasteiger partial charge on any atom is -0.497 e. The summed E-state index contributed by atoms with van der Waals surface area (Å²) < 4.78 is 11.3. The number of carbonyl (C=O) groups is 1. The Hall–Kier alpha value is -3.15. The topological polar surface area (TPSA) is 90.8 Å². The molecule has 6 heteroatoms. The Bertz CT molecular complexity index is 938. The zero-order valence-corrected chi connectivity index (χ0v) is 18.7. The molecule has 2 aromatic carbocycles. The second-order valence-corrected chi connectivity index (χ2v) is 8.67. The maximum absolute atomic E-state index is 13.4. The second-order valence-electron chi connectivity index (χ2n) is 8.67. The molecule has 2 aromatic rings. The van der Waals surface area contributed by atoms with Gasteiger partial charge in [-0.2, -0.15) is 0 Å². The molecule has 1 heterocycles. The van der Waals surface area contributed by atoms with E-state index in [1.54, 1.807) is 13.2 Å². The van der Waals surface area contributed by atoms with Crippen LogP contribution in [0.25, 0.3) is 5.70 Å². The smallest absolute Gasteiger partial charge is 0.232 e. The Balaban J connectivity index is 1.67. The molecule has 31 heavy (non-hydrogen) atoms. The third-order valence-electron chi connectivity index (χ3n) is 6.01. The lowest BCUT2D eigenvalue weighted by atomic mass is 9.82. The predicted octanol–water partition coefficient (Wildman–Crippen LogP) is 3.80. The molecular weight excluding hydrogens is 390 g/mol. The van der Waals surface area contributed by atoms with E-state index < -0.39 is 5.41 Å². The Kier molecular flexibility index (Phi) is 6.78. The van der Waals surface area contributed by atoms with E-state index in [0.29, 0.717) is 35.8 Å². The average molecular weight is 424 g/mol. The summed E-state index contributed by atoms with van der Waals surface area (Å²) in [5.41, 5.74) is 13.9. The first kappa shape index (κ1) is 22.5. The Labute approximate surface area is 184 Å². The van der Waals surface area contributed by atoms with Crippen molar-refractivity contribution >= 4 is 17.3 Å². The van der Waals surface area contributed by atoms with Gasteiger partial charge in [-0.25, -0.2) is 0 Å². The molecule has 3 rings (SSSR count). The minimum atomic E-state index is -0.618. The molecule has 4 N–H and O–H groups in total. The predicted molar refractivity (Wildman–Crippen MR) is 125 cm³/mol. The first-order valence-corrected chi connectivity index (χ1v) is 10.6. The number of methoxy groups -OCH3 is 1. The van der Waals surface area contributed by atoms with Gasteiger partial charge < -0.3 is 25.8 Å². The molecule has 1 atom stereocenters. The fourth-order valence-electron chi connectivity index (χ4n) is 4.13. The van der Waals surface area contributed by atoms with Gasteiger partial charge in [-0.3, -0.25) is 4.79 Å². The number of rotatable bonds is 7. The fourth-order valence-corrected chi connectivity index (χ4v) is 4.13. The lowest BCUT2D eigenvalue weighted by Gasteiger charge is -2.38. The molecule has 0 aromatic heterocycles. The molecule has 166 valence electrons. The zero-order valence-electron chi connectivity index (χ0n) is 18.7. The first-order chi connectivity index (χ1) is 14.7. The zero-order chi connectivity index (χ0) is 22.6. The number of benzene rings is 2. The van der Waals surface area contributed by atoms with Crippen molar-refractivity contribution in [2.45, 2.75) is 32.1 Å². The summed E-state index contributed by atoms with van der Waals surface area (Å²) in [6.07, 6.45) is 1.96. The van der Waals surface area contributed by atoms with Crippen LogP contribution in [-0.2, 0) is 10.2 Å². The number of anilines is 1. The van der Waals surface area contributed by atoms with E-state index in [0.717, 1.165) is 30.7 Å². The summed E-state index contributed by atoms with van der Waals surface area (Å²) in [6, 6.07) is 13.2. The molecule has 0 aliphatic carbocycles. The Morgan fingerprint density at radius 2 is 1.94 bits per heavy atom. The van der Waals surface area contributed by atoms with Crippen LogP contribution in [0.1, 0.15) is 37.8 Å². The standard InChI is InChI=1S/C25H33N3O3/c1-17(26)23-21(27)8-5-9-22(23)31-16-18-7-6-14-28(15-18)24(29)25(2,3)19-10-12-20(30-4)13-11-19/h5,8-13,18H,1,6-7,14-16,26-27H2,2-4H3/t18-/m0/s1. The highest BCUT2D eigenvalue weighted by Gasteiger charge is 2.36. The maximum Gasteiger partial charge on any atom is 0.232 e. The van der Waals surface area contributed by atoms with Gasteiger partial charge in [0, 0.05) is 30.4 Å². The Morgan fingerprint density at radius 1 is 1.23 bits per heavy atom. The van der Waals surface area contributed by atoms with E-state index in [1.165, 1.54) is 0 Å². The molecule has 0 unspecified atom stereocenters. The lowest BCUT2D eigenvalue weighted by molar-refractivity contribution is -0.138. The first-order valence-electron chi connectivity index (χ1n) is 10.6. The van der Waals surface area contributed by atoms with Gasteiger partial charge in [0.25, 0.3) is 0 Å². The number of nitrogens with zero attached hydrogens (tertiary/aromatic N) is 1. The van der Waals surface area contributed by atoms with E-state index in [9.17, 15) is 4.79 Å². The third-order valence-corrected chi connectivity index (χ3v) is 6.01. The number of nitrogen functional groups attached to an aromatic ring is 1. The summed E-state index contributed by atoms with van der Waals surface area (Å²) in [5, 5.41) is 0. The van der Waals surface area contributed by atoms with Crippen molar-refractivity contribution in [1.29, 1.82) is 0 Å². The van der Waals surface area contributed by atoms with Crippen molar-refractivity contribution in [2.75, 3.05) is 32.5 Å². The normalized spacial score (nSPS) is 16.6. The molecule has 0 saturated carbocycles. The van der Waals surface area contributed by atoms with Gasteiger partial charge in [-0.1, -0.05) is 24.8 Å². The van der Waals surface area contributed by atoms with E-state index in [-0.39, 0.29) is 11.8 Å². The summed E-state index contributed by atoms with van der Waals surface area (Å²) >= 11 is 0. The highest BCUT2D eigenvalue weighted by molar-refractivity contribution is 5.87. The van der Waals surface area contributed by atoms with Gasteiger partial charge in [0.1, 0.15) is 11.5 Å². The van der Waals surface area contributed by atoms with Crippen molar-refractivity contribution in [3.63, 3.8) is 0 Å². The van der Waals surface area contributed by atoms with Crippen LogP contribution in [0.5, 0.6) is 11.5 Å². The summed E-state index contributed by atoms with van der Waals surface area (Å²) in [6.45, 7) is 9.68. The van der Waals surface area contributed by atoms with Gasteiger partial charge in [-0.15, -0.1) is 0 Å². The van der Waals surface area contributed by atoms with Gasteiger partial charge in [0.05, 0.1) is 24.7 Å². The second kappa shape index (κ2) is 9.33.